The largest absolute Gasteiger partial charge is 0.274 e. The molecule has 0 aromatic heterocycles. The van der Waals surface area contributed by atoms with Crippen LogP contribution in [0.5, 0.6) is 0 Å². The molecule has 0 N–H and O–H groups in total. The van der Waals surface area contributed by atoms with Gasteiger partial charge in [-0.25, -0.2) is 9.29 Å². The molecular formula is C15H11FN2O4. The van der Waals surface area contributed by atoms with Gasteiger partial charge in [-0.1, -0.05) is 12.2 Å². The van der Waals surface area contributed by atoms with Gasteiger partial charge in [0, 0.05) is 12.1 Å². The second-order valence-corrected chi connectivity index (χ2v) is 5.90. The lowest BCUT2D eigenvalue weighted by molar-refractivity contribution is -0.384. The number of imide groups is 1. The number of carbonyl (C=O) groups excluding carboxylic acids is 2. The fourth-order valence-corrected chi connectivity index (χ4v) is 3.93. The molecule has 2 fully saturated rings. The van der Waals surface area contributed by atoms with Crippen LogP contribution in [-0.4, -0.2) is 16.7 Å². The van der Waals surface area contributed by atoms with Crippen molar-refractivity contribution in [3.8, 4) is 0 Å². The van der Waals surface area contributed by atoms with Crippen LogP contribution in [0.1, 0.15) is 6.42 Å². The fourth-order valence-electron chi connectivity index (χ4n) is 3.93. The summed E-state index contributed by atoms with van der Waals surface area (Å²) in [5.74, 6) is -2.61. The molecule has 6 nitrogen and oxygen atoms in total. The van der Waals surface area contributed by atoms with Gasteiger partial charge in [0.05, 0.1) is 22.4 Å². The van der Waals surface area contributed by atoms with Crippen LogP contribution in [0.4, 0.5) is 15.8 Å². The number of anilines is 1. The molecule has 1 aromatic carbocycles. The molecule has 1 aromatic rings. The highest BCUT2D eigenvalue weighted by Crippen LogP contribution is 2.53. The Morgan fingerprint density at radius 2 is 1.73 bits per heavy atom. The molecule has 112 valence electrons. The number of hydrogen-bond donors (Lipinski definition) is 0. The molecule has 2 amide bonds. The molecule has 1 saturated carbocycles. The molecule has 1 heterocycles. The number of fused-ring (bicyclic) bond motifs is 5. The van der Waals surface area contributed by atoms with Gasteiger partial charge < -0.3 is 0 Å². The third-order valence-electron chi connectivity index (χ3n) is 4.85. The predicted octanol–water partition coefficient (Wildman–Crippen LogP) is 2.05. The summed E-state index contributed by atoms with van der Waals surface area (Å²) in [5.41, 5.74) is -0.673. The average Bonchev–Trinajstić information content (AvgIpc) is 3.14. The maximum Gasteiger partial charge on any atom is 0.271 e. The number of halogens is 1. The Morgan fingerprint density at radius 1 is 1.14 bits per heavy atom. The maximum atomic E-state index is 14.0. The van der Waals surface area contributed by atoms with Crippen LogP contribution in [0, 0.1) is 39.6 Å². The van der Waals surface area contributed by atoms with E-state index < -0.39 is 34.4 Å². The van der Waals surface area contributed by atoms with Crippen molar-refractivity contribution in [3.63, 3.8) is 0 Å². The highest BCUT2D eigenvalue weighted by atomic mass is 19.1. The zero-order chi connectivity index (χ0) is 15.6. The van der Waals surface area contributed by atoms with E-state index in [-0.39, 0.29) is 23.2 Å². The number of nitrogens with zero attached hydrogens (tertiary/aromatic N) is 2. The molecule has 4 rings (SSSR count). The van der Waals surface area contributed by atoms with E-state index in [9.17, 15) is 24.1 Å². The van der Waals surface area contributed by atoms with E-state index in [0.29, 0.717) is 0 Å². The highest BCUT2D eigenvalue weighted by molar-refractivity contribution is 6.23. The number of allylic oxidation sites excluding steroid dienone is 2. The molecule has 2 aliphatic carbocycles. The van der Waals surface area contributed by atoms with Gasteiger partial charge >= 0.3 is 0 Å². The highest BCUT2D eigenvalue weighted by Gasteiger charge is 2.60. The van der Waals surface area contributed by atoms with E-state index in [4.69, 9.17) is 0 Å². The first-order valence-electron chi connectivity index (χ1n) is 6.99. The Morgan fingerprint density at radius 3 is 2.27 bits per heavy atom. The topological polar surface area (TPSA) is 80.5 Å². The molecule has 22 heavy (non-hydrogen) atoms. The summed E-state index contributed by atoms with van der Waals surface area (Å²) in [5, 5.41) is 10.8. The van der Waals surface area contributed by atoms with Crippen molar-refractivity contribution in [1.82, 2.24) is 0 Å². The summed E-state index contributed by atoms with van der Waals surface area (Å²) in [7, 11) is 0. The molecule has 0 spiro atoms. The zero-order valence-electron chi connectivity index (χ0n) is 11.3. The second-order valence-electron chi connectivity index (χ2n) is 5.90. The first-order valence-corrected chi connectivity index (χ1v) is 6.99. The van der Waals surface area contributed by atoms with Gasteiger partial charge in [0.25, 0.3) is 5.69 Å². The number of rotatable bonds is 2. The van der Waals surface area contributed by atoms with E-state index in [0.717, 1.165) is 29.5 Å². The van der Waals surface area contributed by atoms with Crippen molar-refractivity contribution in [2.24, 2.45) is 23.7 Å². The van der Waals surface area contributed by atoms with Gasteiger partial charge in [0.15, 0.2) is 0 Å². The zero-order valence-corrected chi connectivity index (χ0v) is 11.3. The van der Waals surface area contributed by atoms with Crippen LogP contribution in [0.2, 0.25) is 0 Å². The minimum atomic E-state index is -0.812. The molecule has 1 saturated heterocycles. The van der Waals surface area contributed by atoms with Gasteiger partial charge in [-0.05, 0) is 24.3 Å². The van der Waals surface area contributed by atoms with E-state index >= 15 is 0 Å². The number of hydrogen-bond acceptors (Lipinski definition) is 4. The molecule has 0 radical (unpaired) electrons. The van der Waals surface area contributed by atoms with Gasteiger partial charge in [-0.2, -0.15) is 0 Å². The van der Waals surface area contributed by atoms with Crippen LogP contribution < -0.4 is 4.90 Å². The van der Waals surface area contributed by atoms with E-state index in [2.05, 4.69) is 0 Å². The number of carbonyl (C=O) groups is 2. The van der Waals surface area contributed by atoms with Crippen LogP contribution in [-0.2, 0) is 9.59 Å². The van der Waals surface area contributed by atoms with Crippen LogP contribution in [0.15, 0.2) is 30.4 Å². The van der Waals surface area contributed by atoms with Crippen LogP contribution >= 0.6 is 0 Å². The molecule has 1 aliphatic heterocycles. The average molecular weight is 302 g/mol. The van der Waals surface area contributed by atoms with Gasteiger partial charge in [0.2, 0.25) is 11.8 Å². The Bertz CT molecular complexity index is 730. The number of benzene rings is 1. The number of non-ortho nitro benzene ring substituents is 1. The summed E-state index contributed by atoms with van der Waals surface area (Å²) in [6.07, 6.45) is 4.65. The van der Waals surface area contributed by atoms with Crippen molar-refractivity contribution in [2.75, 3.05) is 4.90 Å². The lowest BCUT2D eigenvalue weighted by Gasteiger charge is -2.17. The Labute approximate surface area is 124 Å². The van der Waals surface area contributed by atoms with Gasteiger partial charge in [0.1, 0.15) is 5.82 Å². The maximum absolute atomic E-state index is 14.0. The summed E-state index contributed by atoms with van der Waals surface area (Å²) in [6, 6.07) is 2.87. The molecule has 0 unspecified atom stereocenters. The summed E-state index contributed by atoms with van der Waals surface area (Å²) in [6.45, 7) is 0. The van der Waals surface area contributed by atoms with E-state index in [1.807, 2.05) is 12.2 Å². The minimum Gasteiger partial charge on any atom is -0.274 e. The quantitative estimate of drug-likeness (QED) is 0.362. The number of amides is 2. The molecule has 3 aliphatic rings. The minimum absolute atomic E-state index is 0.0122. The van der Waals surface area contributed by atoms with E-state index in [1.54, 1.807) is 0 Å². The summed E-state index contributed by atoms with van der Waals surface area (Å²) < 4.78 is 14.0. The van der Waals surface area contributed by atoms with Gasteiger partial charge in [-0.3, -0.25) is 19.7 Å². The lowest BCUT2D eigenvalue weighted by Crippen LogP contribution is -2.33. The Balaban J connectivity index is 1.79. The summed E-state index contributed by atoms with van der Waals surface area (Å²) >= 11 is 0. The van der Waals surface area contributed by atoms with Crippen molar-refractivity contribution in [3.05, 3.63) is 46.3 Å². The molecule has 2 bridgehead atoms. The number of nitro groups is 1. The molecule has 7 heteroatoms. The third kappa shape index (κ3) is 1.53. The first kappa shape index (κ1) is 13.1. The van der Waals surface area contributed by atoms with Crippen LogP contribution in [0.25, 0.3) is 0 Å². The summed E-state index contributed by atoms with van der Waals surface area (Å²) in [4.78, 5) is 36.1. The van der Waals surface area contributed by atoms with Crippen molar-refractivity contribution < 1.29 is 18.9 Å². The van der Waals surface area contributed by atoms with Gasteiger partial charge in [-0.15, -0.1) is 0 Å². The van der Waals surface area contributed by atoms with Crippen molar-refractivity contribution >= 4 is 23.2 Å². The predicted molar refractivity (Wildman–Crippen MR) is 73.3 cm³/mol. The Hall–Kier alpha value is -2.57. The SMILES string of the molecule is O=C1[C@@H]2[C@@H](C(=O)N1c1cc([N+](=O)[O-])ccc1F)[C@H]1C=C[C@@H]2C1. The molecule has 4 atom stereocenters. The van der Waals surface area contributed by atoms with Crippen molar-refractivity contribution in [2.45, 2.75) is 6.42 Å². The smallest absolute Gasteiger partial charge is 0.271 e. The monoisotopic (exact) mass is 302 g/mol. The molecular weight excluding hydrogens is 291 g/mol. The van der Waals surface area contributed by atoms with E-state index in [1.165, 1.54) is 0 Å². The Kier molecular flexibility index (Phi) is 2.52. The van der Waals surface area contributed by atoms with Crippen LogP contribution in [0.3, 0.4) is 0 Å². The third-order valence-corrected chi connectivity index (χ3v) is 4.85. The lowest BCUT2D eigenvalue weighted by atomic mass is 9.85. The first-order chi connectivity index (χ1) is 10.5. The standard InChI is InChI=1S/C15H11FN2O4/c16-10-4-3-9(18(21)22)6-11(10)17-14(19)12-7-1-2-8(5-7)13(12)15(17)20/h1-4,6-8,12-13H,5H2/t7-,8+,12-,13-/m0/s1. The fraction of sp³-hybridized carbons (Fsp3) is 0.333. The van der Waals surface area contributed by atoms with Crippen molar-refractivity contribution in [1.29, 1.82) is 0 Å². The second kappa shape index (κ2) is 4.22. The normalized spacial score (nSPS) is 32.0. The number of nitro benzene ring substituents is 1.